The number of carbonyl (C=O) groups is 2. The first-order valence-corrected chi connectivity index (χ1v) is 9.55. The number of benzene rings is 1. The lowest BCUT2D eigenvalue weighted by molar-refractivity contribution is -0.146. The van der Waals surface area contributed by atoms with E-state index in [1.807, 2.05) is 13.0 Å². The normalized spacial score (nSPS) is 19.3. The number of nitrogens with zero attached hydrogens (tertiary/aromatic N) is 1. The van der Waals surface area contributed by atoms with E-state index in [4.69, 9.17) is 23.2 Å². The maximum absolute atomic E-state index is 12.6. The molecule has 136 valence electrons. The Hall–Kier alpha value is -1.89. The number of nitrogens with one attached hydrogen (secondary N) is 1. The van der Waals surface area contributed by atoms with Gasteiger partial charge in [-0.25, -0.2) is 4.98 Å². The number of halogens is 2. The highest BCUT2D eigenvalue weighted by Crippen LogP contribution is 2.36. The minimum Gasteiger partial charge on any atom is -0.481 e. The maximum atomic E-state index is 12.6. The van der Waals surface area contributed by atoms with Gasteiger partial charge < -0.3 is 10.4 Å². The van der Waals surface area contributed by atoms with E-state index in [9.17, 15) is 14.7 Å². The average Bonchev–Trinajstić information content (AvgIpc) is 2.94. The predicted molar refractivity (Wildman–Crippen MR) is 104 cm³/mol. The van der Waals surface area contributed by atoms with Crippen LogP contribution in [0, 0.1) is 18.8 Å². The van der Waals surface area contributed by atoms with Crippen LogP contribution >= 0.6 is 34.5 Å². The zero-order chi connectivity index (χ0) is 18.8. The van der Waals surface area contributed by atoms with Crippen molar-refractivity contribution < 1.29 is 14.7 Å². The molecule has 5 nitrogen and oxygen atoms in total. The van der Waals surface area contributed by atoms with Crippen molar-refractivity contribution in [2.75, 3.05) is 5.32 Å². The van der Waals surface area contributed by atoms with Crippen molar-refractivity contribution in [3.05, 3.63) is 45.3 Å². The minimum atomic E-state index is -0.960. The Bertz CT molecular complexity index is 895. The summed E-state index contributed by atoms with van der Waals surface area (Å²) in [5.41, 5.74) is 1.40. The molecule has 2 N–H and O–H groups in total. The Balaban J connectivity index is 1.82. The number of carboxylic acids is 1. The first kappa shape index (κ1) is 18.9. The van der Waals surface area contributed by atoms with Gasteiger partial charge in [0.25, 0.3) is 0 Å². The monoisotopic (exact) mass is 410 g/mol. The summed E-state index contributed by atoms with van der Waals surface area (Å²) in [6, 6.07) is 5.15. The molecule has 0 aliphatic heterocycles. The number of hydrogen-bond donors (Lipinski definition) is 2. The van der Waals surface area contributed by atoms with Gasteiger partial charge >= 0.3 is 5.97 Å². The summed E-state index contributed by atoms with van der Waals surface area (Å²) >= 11 is 13.5. The highest BCUT2D eigenvalue weighted by atomic mass is 35.5. The molecule has 8 heteroatoms. The summed E-state index contributed by atoms with van der Waals surface area (Å²) in [6.45, 7) is 1.89. The van der Waals surface area contributed by atoms with Crippen molar-refractivity contribution >= 4 is 51.5 Å². The number of rotatable bonds is 4. The largest absolute Gasteiger partial charge is 0.481 e. The third-order valence-electron chi connectivity index (χ3n) is 4.30. The molecule has 1 aromatic carbocycles. The van der Waals surface area contributed by atoms with E-state index >= 15 is 0 Å². The zero-order valence-electron chi connectivity index (χ0n) is 13.8. The molecule has 1 heterocycles. The number of hydrogen-bond acceptors (Lipinski definition) is 4. The molecule has 0 saturated heterocycles. The van der Waals surface area contributed by atoms with Crippen LogP contribution in [0.5, 0.6) is 0 Å². The second-order valence-corrected chi connectivity index (χ2v) is 8.08. The van der Waals surface area contributed by atoms with E-state index in [-0.39, 0.29) is 5.91 Å². The van der Waals surface area contributed by atoms with Crippen molar-refractivity contribution in [3.8, 4) is 11.3 Å². The summed E-state index contributed by atoms with van der Waals surface area (Å²) in [4.78, 5) is 29.3. The SMILES string of the molecule is Cc1sc(NC(=O)C2CC=CCC2C(=O)O)nc1-c1ccc(Cl)cc1Cl. The molecule has 1 aromatic heterocycles. The summed E-state index contributed by atoms with van der Waals surface area (Å²) < 4.78 is 0. The Morgan fingerprint density at radius 3 is 2.58 bits per heavy atom. The smallest absolute Gasteiger partial charge is 0.307 e. The Morgan fingerprint density at radius 1 is 1.23 bits per heavy atom. The summed E-state index contributed by atoms with van der Waals surface area (Å²) in [5, 5.41) is 13.5. The number of thiazole rings is 1. The van der Waals surface area contributed by atoms with Crippen LogP contribution in [0.4, 0.5) is 5.13 Å². The third kappa shape index (κ3) is 3.92. The van der Waals surface area contributed by atoms with Gasteiger partial charge in [0.1, 0.15) is 0 Å². The van der Waals surface area contributed by atoms with Crippen LogP contribution in [-0.2, 0) is 9.59 Å². The van der Waals surface area contributed by atoms with Gasteiger partial charge in [0, 0.05) is 15.5 Å². The summed E-state index contributed by atoms with van der Waals surface area (Å²) in [6.07, 6.45) is 4.41. The van der Waals surface area contributed by atoms with Gasteiger partial charge in [-0.2, -0.15) is 0 Å². The standard InChI is InChI=1S/C18H16Cl2N2O3S/c1-9-15(13-7-6-10(19)8-14(13)20)21-18(26-9)22-16(23)11-4-2-3-5-12(11)17(24)25/h2-3,6-8,11-12H,4-5H2,1H3,(H,24,25)(H,21,22,23). The van der Waals surface area contributed by atoms with Crippen molar-refractivity contribution in [2.24, 2.45) is 11.8 Å². The number of carboxylic acid groups (broad SMARTS) is 1. The molecule has 0 radical (unpaired) electrons. The highest BCUT2D eigenvalue weighted by Gasteiger charge is 2.34. The van der Waals surface area contributed by atoms with Crippen LogP contribution in [0.25, 0.3) is 11.3 Å². The number of carbonyl (C=O) groups excluding carboxylic acids is 1. The van der Waals surface area contributed by atoms with Crippen LogP contribution in [0.15, 0.2) is 30.4 Å². The lowest BCUT2D eigenvalue weighted by Crippen LogP contribution is -2.34. The predicted octanol–water partition coefficient (Wildman–Crippen LogP) is 5.03. The fourth-order valence-electron chi connectivity index (χ4n) is 2.96. The number of aliphatic carboxylic acids is 1. The third-order valence-corrected chi connectivity index (χ3v) is 5.73. The van der Waals surface area contributed by atoms with Crippen LogP contribution in [-0.4, -0.2) is 22.0 Å². The Labute approximate surface area is 164 Å². The van der Waals surface area contributed by atoms with Gasteiger partial charge in [0.05, 0.1) is 22.6 Å². The second kappa shape index (κ2) is 7.78. The van der Waals surface area contributed by atoms with Gasteiger partial charge in [-0.05, 0) is 38.0 Å². The zero-order valence-corrected chi connectivity index (χ0v) is 16.2. The quantitative estimate of drug-likeness (QED) is 0.692. The molecule has 2 aromatic rings. The number of aromatic nitrogens is 1. The fourth-order valence-corrected chi connectivity index (χ4v) is 4.29. The molecular formula is C18H16Cl2N2O3S. The Kier molecular flexibility index (Phi) is 5.65. The molecule has 1 aliphatic rings. The fraction of sp³-hybridized carbons (Fsp3) is 0.278. The molecule has 26 heavy (non-hydrogen) atoms. The average molecular weight is 411 g/mol. The van der Waals surface area contributed by atoms with Crippen LogP contribution in [0.1, 0.15) is 17.7 Å². The summed E-state index contributed by atoms with van der Waals surface area (Å²) in [5.74, 6) is -2.61. The lowest BCUT2D eigenvalue weighted by Gasteiger charge is -2.23. The molecular weight excluding hydrogens is 395 g/mol. The maximum Gasteiger partial charge on any atom is 0.307 e. The van der Waals surface area contributed by atoms with E-state index < -0.39 is 17.8 Å². The van der Waals surface area contributed by atoms with E-state index in [0.717, 1.165) is 10.4 Å². The van der Waals surface area contributed by atoms with Crippen LogP contribution in [0.2, 0.25) is 10.0 Å². The van der Waals surface area contributed by atoms with Crippen LogP contribution in [0.3, 0.4) is 0 Å². The molecule has 2 atom stereocenters. The van der Waals surface area contributed by atoms with Crippen molar-refractivity contribution in [1.29, 1.82) is 0 Å². The molecule has 0 saturated carbocycles. The molecule has 2 unspecified atom stereocenters. The number of aryl methyl sites for hydroxylation is 1. The van der Waals surface area contributed by atoms with E-state index in [1.165, 1.54) is 11.3 Å². The van der Waals surface area contributed by atoms with Gasteiger partial charge in [0.15, 0.2) is 5.13 Å². The van der Waals surface area contributed by atoms with Crippen molar-refractivity contribution in [3.63, 3.8) is 0 Å². The minimum absolute atomic E-state index is 0.329. The number of amides is 1. The number of anilines is 1. The van der Waals surface area contributed by atoms with Crippen molar-refractivity contribution in [1.82, 2.24) is 4.98 Å². The van der Waals surface area contributed by atoms with Gasteiger partial charge in [-0.15, -0.1) is 11.3 Å². The first-order chi connectivity index (χ1) is 12.4. The van der Waals surface area contributed by atoms with Crippen molar-refractivity contribution in [2.45, 2.75) is 19.8 Å². The van der Waals surface area contributed by atoms with E-state index in [0.29, 0.717) is 33.7 Å². The molecule has 0 bridgehead atoms. The molecule has 0 fully saturated rings. The van der Waals surface area contributed by atoms with E-state index in [2.05, 4.69) is 10.3 Å². The molecule has 1 aliphatic carbocycles. The molecule has 3 rings (SSSR count). The molecule has 1 amide bonds. The topological polar surface area (TPSA) is 79.3 Å². The van der Waals surface area contributed by atoms with Gasteiger partial charge in [-0.3, -0.25) is 9.59 Å². The summed E-state index contributed by atoms with van der Waals surface area (Å²) in [7, 11) is 0. The van der Waals surface area contributed by atoms with Gasteiger partial charge in [0.2, 0.25) is 5.91 Å². The molecule has 0 spiro atoms. The second-order valence-electron chi connectivity index (χ2n) is 6.03. The van der Waals surface area contributed by atoms with E-state index in [1.54, 1.807) is 24.3 Å². The first-order valence-electron chi connectivity index (χ1n) is 7.98. The van der Waals surface area contributed by atoms with Gasteiger partial charge in [-0.1, -0.05) is 35.4 Å². The Morgan fingerprint density at radius 2 is 1.92 bits per heavy atom. The lowest BCUT2D eigenvalue weighted by atomic mass is 9.82. The number of allylic oxidation sites excluding steroid dienone is 2. The highest BCUT2D eigenvalue weighted by molar-refractivity contribution is 7.16. The van der Waals surface area contributed by atoms with Crippen LogP contribution < -0.4 is 5.32 Å².